The van der Waals surface area contributed by atoms with Crippen LogP contribution in [0, 0.1) is 0 Å². The number of hydrogen-bond donors (Lipinski definition) is 1. The lowest BCUT2D eigenvalue weighted by Crippen LogP contribution is -2.32. The number of ether oxygens (including phenoxy) is 1. The van der Waals surface area contributed by atoms with Gasteiger partial charge in [0.1, 0.15) is 0 Å². The molecule has 4 heteroatoms. The Labute approximate surface area is 135 Å². The van der Waals surface area contributed by atoms with E-state index in [-0.39, 0.29) is 12.1 Å². The second kappa shape index (κ2) is 7.81. The van der Waals surface area contributed by atoms with Gasteiger partial charge in [-0.1, -0.05) is 59.6 Å². The Morgan fingerprint density at radius 1 is 1.00 bits per heavy atom. The Kier molecular flexibility index (Phi) is 6.07. The largest absolute Gasteiger partial charge is 0.372 e. The van der Waals surface area contributed by atoms with Crippen LogP contribution in [0.5, 0.6) is 0 Å². The van der Waals surface area contributed by atoms with Gasteiger partial charge in [-0.25, -0.2) is 0 Å². The van der Waals surface area contributed by atoms with Crippen LogP contribution in [0.25, 0.3) is 0 Å². The molecule has 0 aromatic heterocycles. The summed E-state index contributed by atoms with van der Waals surface area (Å²) in [6.45, 7) is 2.56. The zero-order valence-corrected chi connectivity index (χ0v) is 13.4. The monoisotopic (exact) mass is 323 g/mol. The summed E-state index contributed by atoms with van der Waals surface area (Å²) in [5.74, 6) is 0. The number of nitrogens with two attached hydrogens (primary N) is 1. The molecular formula is C17H19Cl2NO. The molecule has 2 N–H and O–H groups in total. The lowest BCUT2D eigenvalue weighted by atomic mass is 9.96. The smallest absolute Gasteiger partial charge is 0.0978 e. The minimum atomic E-state index is -0.218. The van der Waals surface area contributed by atoms with Gasteiger partial charge in [0, 0.05) is 22.7 Å². The molecule has 112 valence electrons. The SMILES string of the molecule is CCOC(c1ccccc1)C(N)Cc1c(Cl)cccc1Cl. The average Bonchev–Trinajstić information content (AvgIpc) is 2.49. The summed E-state index contributed by atoms with van der Waals surface area (Å²) in [4.78, 5) is 0. The lowest BCUT2D eigenvalue weighted by molar-refractivity contribution is 0.0433. The van der Waals surface area contributed by atoms with Gasteiger partial charge in [0.05, 0.1) is 6.10 Å². The molecule has 2 aromatic carbocycles. The third-order valence-corrected chi connectivity index (χ3v) is 4.07. The minimum absolute atomic E-state index is 0.177. The summed E-state index contributed by atoms with van der Waals surface area (Å²) in [6.07, 6.45) is 0.390. The van der Waals surface area contributed by atoms with Gasteiger partial charge in [-0.2, -0.15) is 0 Å². The van der Waals surface area contributed by atoms with E-state index in [0.29, 0.717) is 23.1 Å². The molecule has 2 aromatic rings. The molecule has 0 fully saturated rings. The van der Waals surface area contributed by atoms with E-state index >= 15 is 0 Å². The highest BCUT2D eigenvalue weighted by molar-refractivity contribution is 6.36. The van der Waals surface area contributed by atoms with Gasteiger partial charge in [-0.3, -0.25) is 0 Å². The molecule has 0 aliphatic rings. The van der Waals surface area contributed by atoms with Crippen molar-refractivity contribution in [3.8, 4) is 0 Å². The number of benzene rings is 2. The molecule has 0 bridgehead atoms. The fourth-order valence-electron chi connectivity index (χ4n) is 2.36. The molecule has 0 spiro atoms. The van der Waals surface area contributed by atoms with Crippen molar-refractivity contribution in [3.63, 3.8) is 0 Å². The Balaban J connectivity index is 2.21. The van der Waals surface area contributed by atoms with Crippen molar-refractivity contribution in [2.75, 3.05) is 6.61 Å². The molecule has 0 saturated heterocycles. The van der Waals surface area contributed by atoms with Crippen molar-refractivity contribution >= 4 is 23.2 Å². The molecule has 2 nitrogen and oxygen atoms in total. The van der Waals surface area contributed by atoms with Gasteiger partial charge in [-0.15, -0.1) is 0 Å². The summed E-state index contributed by atoms with van der Waals surface area (Å²) in [5.41, 5.74) is 8.30. The Morgan fingerprint density at radius 2 is 1.62 bits per heavy atom. The molecule has 2 atom stereocenters. The van der Waals surface area contributed by atoms with Crippen molar-refractivity contribution in [1.29, 1.82) is 0 Å². The zero-order valence-electron chi connectivity index (χ0n) is 11.9. The first-order valence-electron chi connectivity index (χ1n) is 6.98. The zero-order chi connectivity index (χ0) is 15.2. The molecule has 0 saturated carbocycles. The van der Waals surface area contributed by atoms with Gasteiger partial charge in [0.15, 0.2) is 0 Å². The second-order valence-corrected chi connectivity index (χ2v) is 5.67. The highest BCUT2D eigenvalue weighted by Gasteiger charge is 2.22. The van der Waals surface area contributed by atoms with Crippen molar-refractivity contribution in [3.05, 3.63) is 69.7 Å². The van der Waals surface area contributed by atoms with Gasteiger partial charge in [-0.05, 0) is 36.6 Å². The maximum atomic E-state index is 6.36. The Hall–Kier alpha value is -1.06. The van der Waals surface area contributed by atoms with Crippen LogP contribution in [0.2, 0.25) is 10.0 Å². The van der Waals surface area contributed by atoms with Crippen molar-refractivity contribution in [2.24, 2.45) is 5.73 Å². The molecule has 0 aliphatic carbocycles. The number of halogens is 2. The first-order chi connectivity index (χ1) is 10.1. The predicted octanol–water partition coefficient (Wildman–Crippen LogP) is 4.64. The predicted molar refractivity (Wildman–Crippen MR) is 89.0 cm³/mol. The van der Waals surface area contributed by atoms with Crippen LogP contribution in [0.1, 0.15) is 24.2 Å². The number of rotatable bonds is 6. The van der Waals surface area contributed by atoms with Gasteiger partial charge >= 0.3 is 0 Å². The summed E-state index contributed by atoms with van der Waals surface area (Å²) in [6, 6.07) is 15.3. The van der Waals surface area contributed by atoms with Gasteiger partial charge in [0.2, 0.25) is 0 Å². The topological polar surface area (TPSA) is 35.2 Å². The maximum Gasteiger partial charge on any atom is 0.0978 e. The molecule has 0 aliphatic heterocycles. The van der Waals surface area contributed by atoms with E-state index in [1.165, 1.54) is 0 Å². The Morgan fingerprint density at radius 3 is 2.19 bits per heavy atom. The van der Waals surface area contributed by atoms with E-state index in [2.05, 4.69) is 0 Å². The van der Waals surface area contributed by atoms with Crippen molar-refractivity contribution in [2.45, 2.75) is 25.5 Å². The number of hydrogen-bond acceptors (Lipinski definition) is 2. The normalized spacial score (nSPS) is 13.9. The standard InChI is InChI=1S/C17H19Cl2NO/c1-2-21-17(12-7-4-3-5-8-12)16(20)11-13-14(18)9-6-10-15(13)19/h3-10,16-17H,2,11,20H2,1H3. The van der Waals surface area contributed by atoms with Crippen molar-refractivity contribution in [1.82, 2.24) is 0 Å². The van der Waals surface area contributed by atoms with E-state index in [9.17, 15) is 0 Å². The minimum Gasteiger partial charge on any atom is -0.372 e. The fourth-order valence-corrected chi connectivity index (χ4v) is 2.91. The summed E-state index contributed by atoms with van der Waals surface area (Å²) in [7, 11) is 0. The average molecular weight is 324 g/mol. The first-order valence-corrected chi connectivity index (χ1v) is 7.74. The van der Waals surface area contributed by atoms with E-state index in [1.807, 2.05) is 55.5 Å². The van der Waals surface area contributed by atoms with Crippen LogP contribution in [0.15, 0.2) is 48.5 Å². The highest BCUT2D eigenvalue weighted by Crippen LogP contribution is 2.29. The van der Waals surface area contributed by atoms with E-state index in [1.54, 1.807) is 0 Å². The quantitative estimate of drug-likeness (QED) is 0.840. The maximum absolute atomic E-state index is 6.36. The molecule has 0 heterocycles. The summed E-state index contributed by atoms with van der Waals surface area (Å²) in [5, 5.41) is 1.28. The van der Waals surface area contributed by atoms with Gasteiger partial charge < -0.3 is 10.5 Å². The molecular weight excluding hydrogens is 305 g/mol. The highest BCUT2D eigenvalue weighted by atomic mass is 35.5. The van der Waals surface area contributed by atoms with Crippen LogP contribution >= 0.6 is 23.2 Å². The lowest BCUT2D eigenvalue weighted by Gasteiger charge is -2.25. The van der Waals surface area contributed by atoms with Crippen LogP contribution in [0.3, 0.4) is 0 Å². The molecule has 2 unspecified atom stereocenters. The summed E-state index contributed by atoms with van der Waals surface area (Å²) >= 11 is 12.4. The fraction of sp³-hybridized carbons (Fsp3) is 0.294. The van der Waals surface area contributed by atoms with E-state index in [0.717, 1.165) is 11.1 Å². The molecule has 2 rings (SSSR count). The summed E-state index contributed by atoms with van der Waals surface area (Å²) < 4.78 is 5.83. The van der Waals surface area contributed by atoms with Crippen LogP contribution < -0.4 is 5.73 Å². The van der Waals surface area contributed by atoms with Crippen LogP contribution in [-0.4, -0.2) is 12.6 Å². The molecule has 0 radical (unpaired) electrons. The van der Waals surface area contributed by atoms with Crippen LogP contribution in [-0.2, 0) is 11.2 Å². The van der Waals surface area contributed by atoms with Crippen molar-refractivity contribution < 1.29 is 4.74 Å². The molecule has 21 heavy (non-hydrogen) atoms. The van der Waals surface area contributed by atoms with E-state index < -0.39 is 0 Å². The van der Waals surface area contributed by atoms with Gasteiger partial charge in [0.25, 0.3) is 0 Å². The first kappa shape index (κ1) is 16.3. The Bertz CT molecular complexity index is 554. The third-order valence-electron chi connectivity index (χ3n) is 3.36. The van der Waals surface area contributed by atoms with Crippen LogP contribution in [0.4, 0.5) is 0 Å². The third kappa shape index (κ3) is 4.21. The second-order valence-electron chi connectivity index (χ2n) is 4.85. The van der Waals surface area contributed by atoms with E-state index in [4.69, 9.17) is 33.7 Å². The molecule has 0 amide bonds.